The van der Waals surface area contributed by atoms with Crippen molar-refractivity contribution in [3.8, 4) is 17.7 Å². The van der Waals surface area contributed by atoms with Crippen molar-refractivity contribution >= 4 is 11.6 Å². The Balaban J connectivity index is 1.95. The monoisotopic (exact) mass is 262 g/mol. The van der Waals surface area contributed by atoms with E-state index in [9.17, 15) is 9.18 Å². The third-order valence-corrected chi connectivity index (χ3v) is 3.14. The van der Waals surface area contributed by atoms with Gasteiger partial charge in [0, 0.05) is 18.4 Å². The maximum absolute atomic E-state index is 14.2. The SMILES string of the molecule is CC#CCC1CC1(F)C(=O)Nc1ccc(OC)nc1. The van der Waals surface area contributed by atoms with E-state index < -0.39 is 11.6 Å². The Kier molecular flexibility index (Phi) is 3.70. The summed E-state index contributed by atoms with van der Waals surface area (Å²) in [5.41, 5.74) is -1.33. The minimum Gasteiger partial charge on any atom is -0.481 e. The Morgan fingerprint density at radius 1 is 1.68 bits per heavy atom. The Labute approximate surface area is 111 Å². The summed E-state index contributed by atoms with van der Waals surface area (Å²) in [6, 6.07) is 3.23. The molecule has 0 bridgehead atoms. The van der Waals surface area contributed by atoms with E-state index >= 15 is 0 Å². The lowest BCUT2D eigenvalue weighted by molar-refractivity contribution is -0.122. The van der Waals surface area contributed by atoms with Crippen LogP contribution in [0.1, 0.15) is 19.8 Å². The number of pyridine rings is 1. The number of carbonyl (C=O) groups excluding carboxylic acids is 1. The first-order valence-electron chi connectivity index (χ1n) is 6.00. The molecule has 0 spiro atoms. The van der Waals surface area contributed by atoms with Crippen molar-refractivity contribution in [1.82, 2.24) is 4.98 Å². The van der Waals surface area contributed by atoms with Gasteiger partial charge >= 0.3 is 0 Å². The summed E-state index contributed by atoms with van der Waals surface area (Å²) >= 11 is 0. The maximum atomic E-state index is 14.2. The summed E-state index contributed by atoms with van der Waals surface area (Å²) in [5, 5.41) is 2.52. The van der Waals surface area contributed by atoms with Crippen LogP contribution in [0.25, 0.3) is 0 Å². The topological polar surface area (TPSA) is 51.2 Å². The number of hydrogen-bond donors (Lipinski definition) is 1. The van der Waals surface area contributed by atoms with Gasteiger partial charge in [-0.1, -0.05) is 0 Å². The van der Waals surface area contributed by atoms with E-state index in [0.717, 1.165) is 0 Å². The van der Waals surface area contributed by atoms with Crippen LogP contribution in [0.5, 0.6) is 5.88 Å². The van der Waals surface area contributed by atoms with Crippen LogP contribution in [0.15, 0.2) is 18.3 Å². The fourth-order valence-electron chi connectivity index (χ4n) is 1.85. The van der Waals surface area contributed by atoms with Crippen LogP contribution >= 0.6 is 0 Å². The summed E-state index contributed by atoms with van der Waals surface area (Å²) in [6.07, 6.45) is 2.09. The molecular weight excluding hydrogens is 247 g/mol. The maximum Gasteiger partial charge on any atom is 0.262 e. The molecule has 1 aromatic heterocycles. The average molecular weight is 262 g/mol. The summed E-state index contributed by atoms with van der Waals surface area (Å²) < 4.78 is 19.1. The second-order valence-electron chi connectivity index (χ2n) is 4.44. The molecule has 1 fully saturated rings. The predicted molar refractivity (Wildman–Crippen MR) is 69.4 cm³/mol. The third-order valence-electron chi connectivity index (χ3n) is 3.14. The van der Waals surface area contributed by atoms with Gasteiger partial charge in [0.15, 0.2) is 5.67 Å². The van der Waals surface area contributed by atoms with Gasteiger partial charge in [-0.05, 0) is 19.4 Å². The van der Waals surface area contributed by atoms with Gasteiger partial charge in [-0.25, -0.2) is 9.37 Å². The van der Waals surface area contributed by atoms with Crippen molar-refractivity contribution in [3.05, 3.63) is 18.3 Å². The number of methoxy groups -OCH3 is 1. The van der Waals surface area contributed by atoms with Gasteiger partial charge in [0.05, 0.1) is 19.0 Å². The van der Waals surface area contributed by atoms with Crippen LogP contribution in [-0.2, 0) is 4.79 Å². The number of ether oxygens (including phenoxy) is 1. The van der Waals surface area contributed by atoms with Crippen LogP contribution in [0.4, 0.5) is 10.1 Å². The van der Waals surface area contributed by atoms with E-state index in [4.69, 9.17) is 4.74 Å². The number of carbonyl (C=O) groups is 1. The number of halogens is 1. The largest absolute Gasteiger partial charge is 0.481 e. The summed E-state index contributed by atoms with van der Waals surface area (Å²) in [6.45, 7) is 1.70. The molecule has 100 valence electrons. The highest BCUT2D eigenvalue weighted by Crippen LogP contribution is 2.50. The van der Waals surface area contributed by atoms with Crippen LogP contribution in [-0.4, -0.2) is 23.7 Å². The molecular formula is C14H15FN2O2. The highest BCUT2D eigenvalue weighted by atomic mass is 19.1. The molecule has 1 heterocycles. The fourth-order valence-corrected chi connectivity index (χ4v) is 1.85. The van der Waals surface area contributed by atoms with Crippen molar-refractivity contribution in [1.29, 1.82) is 0 Å². The highest BCUT2D eigenvalue weighted by Gasteiger charge is 2.60. The van der Waals surface area contributed by atoms with E-state index in [0.29, 0.717) is 18.0 Å². The first-order chi connectivity index (χ1) is 9.10. The molecule has 2 atom stereocenters. The second-order valence-corrected chi connectivity index (χ2v) is 4.44. The molecule has 0 saturated heterocycles. The average Bonchev–Trinajstić information content (AvgIpc) is 3.10. The van der Waals surface area contributed by atoms with Gasteiger partial charge in [0.1, 0.15) is 0 Å². The lowest BCUT2D eigenvalue weighted by atomic mass is 10.2. The zero-order chi connectivity index (χ0) is 13.9. The first kappa shape index (κ1) is 13.3. The quantitative estimate of drug-likeness (QED) is 0.846. The molecule has 0 aliphatic heterocycles. The minimum atomic E-state index is -1.79. The van der Waals surface area contributed by atoms with E-state index in [1.54, 1.807) is 19.1 Å². The number of alkyl halides is 1. The van der Waals surface area contributed by atoms with Crippen molar-refractivity contribution in [2.75, 3.05) is 12.4 Å². The molecule has 2 unspecified atom stereocenters. The van der Waals surface area contributed by atoms with Gasteiger partial charge in [0.2, 0.25) is 5.88 Å². The molecule has 0 aromatic carbocycles. The van der Waals surface area contributed by atoms with Crippen molar-refractivity contribution in [2.24, 2.45) is 5.92 Å². The van der Waals surface area contributed by atoms with E-state index in [2.05, 4.69) is 22.1 Å². The summed E-state index contributed by atoms with van der Waals surface area (Å²) in [4.78, 5) is 15.8. The number of nitrogens with one attached hydrogen (secondary N) is 1. The Morgan fingerprint density at radius 3 is 3.05 bits per heavy atom. The van der Waals surface area contributed by atoms with Crippen molar-refractivity contribution in [3.63, 3.8) is 0 Å². The molecule has 1 aliphatic carbocycles. The second kappa shape index (κ2) is 5.27. The third kappa shape index (κ3) is 2.84. The van der Waals surface area contributed by atoms with Crippen LogP contribution in [0, 0.1) is 17.8 Å². The lowest BCUT2D eigenvalue weighted by Crippen LogP contribution is -2.27. The van der Waals surface area contributed by atoms with Gasteiger partial charge in [-0.15, -0.1) is 11.8 Å². The Hall–Kier alpha value is -2.09. The standard InChI is InChI=1S/C14H15FN2O2/c1-3-4-5-10-8-14(10,15)13(18)17-11-6-7-12(19-2)16-9-11/h6-7,9-10H,5,8H2,1-2H3,(H,17,18). The fraction of sp³-hybridized carbons (Fsp3) is 0.429. The molecule has 19 heavy (non-hydrogen) atoms. The minimum absolute atomic E-state index is 0.233. The van der Waals surface area contributed by atoms with Gasteiger partial charge in [-0.2, -0.15) is 0 Å². The highest BCUT2D eigenvalue weighted by molar-refractivity contribution is 5.99. The summed E-state index contributed by atoms with van der Waals surface area (Å²) in [5.74, 6) is 5.02. The predicted octanol–water partition coefficient (Wildman–Crippen LogP) is 2.17. The number of anilines is 1. The van der Waals surface area contributed by atoms with E-state index in [1.165, 1.54) is 13.3 Å². The molecule has 1 aromatic rings. The van der Waals surface area contributed by atoms with Crippen molar-refractivity contribution in [2.45, 2.75) is 25.4 Å². The van der Waals surface area contributed by atoms with Crippen LogP contribution < -0.4 is 10.1 Å². The normalized spacial score (nSPS) is 24.1. The molecule has 0 radical (unpaired) electrons. The number of amides is 1. The molecule has 2 rings (SSSR count). The summed E-state index contributed by atoms with van der Waals surface area (Å²) in [7, 11) is 1.50. The lowest BCUT2D eigenvalue weighted by Gasteiger charge is -2.08. The molecule has 4 nitrogen and oxygen atoms in total. The molecule has 1 amide bonds. The molecule has 1 N–H and O–H groups in total. The first-order valence-corrected chi connectivity index (χ1v) is 6.00. The van der Waals surface area contributed by atoms with Crippen LogP contribution in [0.3, 0.4) is 0 Å². The van der Waals surface area contributed by atoms with Crippen LogP contribution in [0.2, 0.25) is 0 Å². The molecule has 5 heteroatoms. The molecule has 1 saturated carbocycles. The van der Waals surface area contributed by atoms with E-state index in [-0.39, 0.29) is 12.3 Å². The van der Waals surface area contributed by atoms with Gasteiger partial charge in [-0.3, -0.25) is 4.79 Å². The number of nitrogens with zero attached hydrogens (tertiary/aromatic N) is 1. The van der Waals surface area contributed by atoms with Crippen molar-refractivity contribution < 1.29 is 13.9 Å². The van der Waals surface area contributed by atoms with Gasteiger partial charge in [0.25, 0.3) is 5.91 Å². The number of rotatable bonds is 4. The zero-order valence-corrected chi connectivity index (χ0v) is 10.9. The Bertz CT molecular complexity index is 533. The zero-order valence-electron chi connectivity index (χ0n) is 10.9. The van der Waals surface area contributed by atoms with E-state index in [1.807, 2.05) is 0 Å². The van der Waals surface area contributed by atoms with Gasteiger partial charge < -0.3 is 10.1 Å². The smallest absolute Gasteiger partial charge is 0.262 e. The number of hydrogen-bond acceptors (Lipinski definition) is 3. The Morgan fingerprint density at radius 2 is 2.47 bits per heavy atom. The number of aromatic nitrogens is 1. The molecule has 1 aliphatic rings.